The smallest absolute Gasteiger partial charge is 0.130 e. The lowest BCUT2D eigenvalue weighted by Gasteiger charge is -2.18. The lowest BCUT2D eigenvalue weighted by atomic mass is 9.88. The molecule has 2 heteroatoms. The van der Waals surface area contributed by atoms with Crippen molar-refractivity contribution in [1.29, 1.82) is 0 Å². The number of aromatic hydroxyl groups is 1. The highest BCUT2D eigenvalue weighted by molar-refractivity contribution is 5.75. The zero-order valence-corrected chi connectivity index (χ0v) is 13.5. The van der Waals surface area contributed by atoms with Gasteiger partial charge in [0.1, 0.15) is 11.5 Å². The Kier molecular flexibility index (Phi) is 4.56. The molecule has 2 aromatic rings. The summed E-state index contributed by atoms with van der Waals surface area (Å²) < 4.78 is 5.46. The molecule has 2 rings (SSSR count). The summed E-state index contributed by atoms with van der Waals surface area (Å²) in [5.74, 6) is 1.84. The Balaban J connectivity index is 2.68. The standard InChI is InChI=1S/C19H24O2/c1-12(2)14-6-8-16(13(3)4)18(10-14)17-9-7-15(20)11-19(17)21-5/h6-13,20H,1-5H3. The van der Waals surface area contributed by atoms with Gasteiger partial charge in [-0.3, -0.25) is 0 Å². The van der Waals surface area contributed by atoms with Crippen LogP contribution in [0.1, 0.15) is 50.7 Å². The number of phenols is 1. The number of hydrogen-bond acceptors (Lipinski definition) is 2. The zero-order chi connectivity index (χ0) is 15.6. The second-order valence-electron chi connectivity index (χ2n) is 6.04. The van der Waals surface area contributed by atoms with Crippen molar-refractivity contribution in [1.82, 2.24) is 0 Å². The SMILES string of the molecule is COc1cc(O)ccc1-c1cc(C(C)C)ccc1C(C)C. The third-order valence-electron chi connectivity index (χ3n) is 3.84. The van der Waals surface area contributed by atoms with Crippen LogP contribution in [0.25, 0.3) is 11.1 Å². The monoisotopic (exact) mass is 284 g/mol. The van der Waals surface area contributed by atoms with E-state index in [-0.39, 0.29) is 5.75 Å². The molecule has 0 aliphatic rings. The summed E-state index contributed by atoms with van der Waals surface area (Å²) in [6.07, 6.45) is 0. The van der Waals surface area contributed by atoms with Gasteiger partial charge in [0, 0.05) is 11.6 Å². The highest BCUT2D eigenvalue weighted by atomic mass is 16.5. The van der Waals surface area contributed by atoms with Gasteiger partial charge < -0.3 is 9.84 Å². The van der Waals surface area contributed by atoms with Crippen molar-refractivity contribution in [2.75, 3.05) is 7.11 Å². The number of phenolic OH excluding ortho intramolecular Hbond substituents is 1. The van der Waals surface area contributed by atoms with E-state index in [0.717, 1.165) is 5.56 Å². The van der Waals surface area contributed by atoms with Gasteiger partial charge in [0.2, 0.25) is 0 Å². The lowest BCUT2D eigenvalue weighted by molar-refractivity contribution is 0.409. The lowest BCUT2D eigenvalue weighted by Crippen LogP contribution is -1.98. The second-order valence-corrected chi connectivity index (χ2v) is 6.04. The van der Waals surface area contributed by atoms with Crippen LogP contribution in [-0.4, -0.2) is 12.2 Å². The Morgan fingerprint density at radius 3 is 2.14 bits per heavy atom. The number of ether oxygens (including phenoxy) is 1. The molecule has 0 unspecified atom stereocenters. The first kappa shape index (κ1) is 15.4. The molecule has 0 fully saturated rings. The van der Waals surface area contributed by atoms with Crippen molar-refractivity contribution >= 4 is 0 Å². The second kappa shape index (κ2) is 6.21. The summed E-state index contributed by atoms with van der Waals surface area (Å²) in [7, 11) is 1.64. The van der Waals surface area contributed by atoms with E-state index in [9.17, 15) is 5.11 Å². The van der Waals surface area contributed by atoms with Crippen molar-refractivity contribution in [3.8, 4) is 22.6 Å². The Bertz CT molecular complexity index is 627. The summed E-state index contributed by atoms with van der Waals surface area (Å²) in [5, 5.41) is 9.66. The first-order valence-electron chi connectivity index (χ1n) is 7.45. The van der Waals surface area contributed by atoms with Crippen molar-refractivity contribution in [3.63, 3.8) is 0 Å². The van der Waals surface area contributed by atoms with E-state index in [0.29, 0.717) is 17.6 Å². The van der Waals surface area contributed by atoms with Gasteiger partial charge in [0.05, 0.1) is 7.11 Å². The predicted molar refractivity (Wildman–Crippen MR) is 88.3 cm³/mol. The van der Waals surface area contributed by atoms with Gasteiger partial charge in [0.15, 0.2) is 0 Å². The van der Waals surface area contributed by atoms with E-state index in [4.69, 9.17) is 4.74 Å². The highest BCUT2D eigenvalue weighted by Crippen LogP contribution is 2.38. The van der Waals surface area contributed by atoms with Crippen molar-refractivity contribution in [3.05, 3.63) is 47.5 Å². The minimum Gasteiger partial charge on any atom is -0.508 e. The highest BCUT2D eigenvalue weighted by Gasteiger charge is 2.15. The van der Waals surface area contributed by atoms with Crippen LogP contribution in [0.4, 0.5) is 0 Å². The minimum absolute atomic E-state index is 0.224. The summed E-state index contributed by atoms with van der Waals surface area (Å²) in [6, 6.07) is 12.0. The summed E-state index contributed by atoms with van der Waals surface area (Å²) in [6.45, 7) is 8.78. The molecule has 2 nitrogen and oxygen atoms in total. The Labute approximate surface area is 127 Å². The molecular weight excluding hydrogens is 260 g/mol. The maximum atomic E-state index is 9.66. The number of benzene rings is 2. The Morgan fingerprint density at radius 1 is 0.857 bits per heavy atom. The van der Waals surface area contributed by atoms with Gasteiger partial charge in [0.25, 0.3) is 0 Å². The van der Waals surface area contributed by atoms with Gasteiger partial charge in [-0.1, -0.05) is 45.9 Å². The van der Waals surface area contributed by atoms with Gasteiger partial charge in [-0.2, -0.15) is 0 Å². The molecule has 0 heterocycles. The molecule has 0 atom stereocenters. The first-order valence-corrected chi connectivity index (χ1v) is 7.45. The van der Waals surface area contributed by atoms with Crippen LogP contribution in [0, 0.1) is 0 Å². The third kappa shape index (κ3) is 3.21. The fourth-order valence-electron chi connectivity index (χ4n) is 2.57. The first-order chi connectivity index (χ1) is 9.93. The van der Waals surface area contributed by atoms with Gasteiger partial charge >= 0.3 is 0 Å². The van der Waals surface area contributed by atoms with Crippen LogP contribution in [0.2, 0.25) is 0 Å². The molecule has 0 aromatic heterocycles. The van der Waals surface area contributed by atoms with Crippen molar-refractivity contribution in [2.45, 2.75) is 39.5 Å². The fourth-order valence-corrected chi connectivity index (χ4v) is 2.57. The minimum atomic E-state index is 0.224. The van der Waals surface area contributed by atoms with Gasteiger partial charge in [-0.25, -0.2) is 0 Å². The number of methoxy groups -OCH3 is 1. The molecular formula is C19H24O2. The molecule has 21 heavy (non-hydrogen) atoms. The van der Waals surface area contributed by atoms with Crippen LogP contribution in [0.5, 0.6) is 11.5 Å². The Hall–Kier alpha value is -1.96. The maximum absolute atomic E-state index is 9.66. The molecule has 1 N–H and O–H groups in total. The van der Waals surface area contributed by atoms with Crippen LogP contribution in [-0.2, 0) is 0 Å². The molecule has 0 aliphatic carbocycles. The zero-order valence-electron chi connectivity index (χ0n) is 13.5. The van der Waals surface area contributed by atoms with Crippen molar-refractivity contribution < 1.29 is 9.84 Å². The topological polar surface area (TPSA) is 29.5 Å². The molecule has 112 valence electrons. The Morgan fingerprint density at radius 2 is 1.57 bits per heavy atom. The molecule has 2 aromatic carbocycles. The number of rotatable bonds is 4. The molecule has 0 bridgehead atoms. The van der Waals surface area contributed by atoms with Crippen LogP contribution < -0.4 is 4.74 Å². The van der Waals surface area contributed by atoms with Gasteiger partial charge in [-0.15, -0.1) is 0 Å². The van der Waals surface area contributed by atoms with Crippen molar-refractivity contribution in [2.24, 2.45) is 0 Å². The molecule has 0 spiro atoms. The van der Waals surface area contributed by atoms with E-state index in [1.54, 1.807) is 19.2 Å². The number of hydrogen-bond donors (Lipinski definition) is 1. The summed E-state index contributed by atoms with van der Waals surface area (Å²) >= 11 is 0. The predicted octanol–water partition coefficient (Wildman–Crippen LogP) is 5.31. The van der Waals surface area contributed by atoms with Crippen LogP contribution in [0.15, 0.2) is 36.4 Å². The molecule has 0 aliphatic heterocycles. The molecule has 0 radical (unpaired) electrons. The van der Waals surface area contributed by atoms with Crippen LogP contribution in [0.3, 0.4) is 0 Å². The normalized spacial score (nSPS) is 11.2. The average molecular weight is 284 g/mol. The van der Waals surface area contributed by atoms with Crippen LogP contribution >= 0.6 is 0 Å². The largest absolute Gasteiger partial charge is 0.508 e. The van der Waals surface area contributed by atoms with E-state index >= 15 is 0 Å². The quantitative estimate of drug-likeness (QED) is 0.824. The maximum Gasteiger partial charge on any atom is 0.130 e. The fraction of sp³-hybridized carbons (Fsp3) is 0.368. The van der Waals surface area contributed by atoms with E-state index < -0.39 is 0 Å². The molecule has 0 saturated heterocycles. The third-order valence-corrected chi connectivity index (χ3v) is 3.84. The van der Waals surface area contributed by atoms with Gasteiger partial charge in [-0.05, 0) is 40.7 Å². The molecule has 0 amide bonds. The van der Waals surface area contributed by atoms with E-state index in [1.807, 2.05) is 6.07 Å². The summed E-state index contributed by atoms with van der Waals surface area (Å²) in [4.78, 5) is 0. The summed E-state index contributed by atoms with van der Waals surface area (Å²) in [5.41, 5.74) is 4.82. The van der Waals surface area contributed by atoms with E-state index in [2.05, 4.69) is 45.9 Å². The average Bonchev–Trinajstić information content (AvgIpc) is 2.46. The van der Waals surface area contributed by atoms with E-state index in [1.165, 1.54) is 16.7 Å². The molecule has 0 saturated carbocycles.